The van der Waals surface area contributed by atoms with E-state index in [1.54, 1.807) is 0 Å². The van der Waals surface area contributed by atoms with Crippen LogP contribution in [0.25, 0.3) is 11.2 Å². The minimum atomic E-state index is -6.26. The van der Waals surface area contributed by atoms with E-state index in [9.17, 15) is 48.7 Å². The molecule has 4 N–H and O–H groups in total. The van der Waals surface area contributed by atoms with Gasteiger partial charge in [-0.1, -0.05) is 12.1 Å². The molecule has 0 saturated carbocycles. The Hall–Kier alpha value is 0.260. The van der Waals surface area contributed by atoms with E-state index < -0.39 is 71.3 Å². The Kier molecular flexibility index (Phi) is 16.6. The number of hydrogen-bond donors (Lipinski definition) is 3. The second-order valence-electron chi connectivity index (χ2n) is 8.49. The molecule has 4 rings (SSSR count). The molecule has 1 aromatic carbocycles. The first-order chi connectivity index (χ1) is 19.5. The summed E-state index contributed by atoms with van der Waals surface area (Å²) in [5.41, 5.74) is 5.13. The standard InChI is InChI=1S/C18H23N6O15P3.3Na/c1-9(10-4-2-3-5-11(10)24(27)28)37-41(31,32)39-42(33,34)38-40(29,30)35-6-12-14(25)15(26)18(36-12)23-8-22-13-16(19)20-7-21-17(13)23;;;/h2-5,7-9,12,14-15,18,25-26H,6H2,1H3,(H,29,30)(H,31,32)(H,33,34)(H2,19,20,21);;;/q;3*+1/p-3/t9?,12-,14?,15?,18-;;;/m0.../s1. The number of imidazole rings is 1. The van der Waals surface area contributed by atoms with E-state index in [1.807, 2.05) is 0 Å². The van der Waals surface area contributed by atoms with Crippen LogP contribution in [0.4, 0.5) is 11.5 Å². The smallest absolute Gasteiger partial charge is 0.756 e. The van der Waals surface area contributed by atoms with Gasteiger partial charge in [0, 0.05) is 6.07 Å². The molecule has 0 amide bonds. The van der Waals surface area contributed by atoms with E-state index in [2.05, 4.69) is 32.6 Å². The van der Waals surface area contributed by atoms with Gasteiger partial charge in [0.1, 0.15) is 30.2 Å². The Morgan fingerprint density at radius 3 is 2.29 bits per heavy atom. The third kappa shape index (κ3) is 10.9. The summed E-state index contributed by atoms with van der Waals surface area (Å²) >= 11 is 0. The normalized spacial score (nSPS) is 24.1. The average molecular weight is 722 g/mol. The molecule has 0 bridgehead atoms. The Bertz CT molecular complexity index is 1640. The SMILES string of the molecule is CC(OP(=O)([O-])OP(=O)([O-])OP(=O)([O-])OC[C@@H]1O[C@H](n2cnc3c(N)ncnc32)C(O)C1O)c1ccccc1[N+](=O)[O-].[Na+].[Na+].[Na+]. The van der Waals surface area contributed by atoms with Crippen LogP contribution >= 0.6 is 23.5 Å². The molecule has 0 spiro atoms. The first-order valence-corrected chi connectivity index (χ1v) is 15.7. The second kappa shape index (κ2) is 17.3. The molecule has 45 heavy (non-hydrogen) atoms. The van der Waals surface area contributed by atoms with Crippen LogP contribution in [0.2, 0.25) is 0 Å². The monoisotopic (exact) mass is 722 g/mol. The quantitative estimate of drug-likeness (QED) is 0.0676. The van der Waals surface area contributed by atoms with Gasteiger partial charge in [0.2, 0.25) is 0 Å². The number of aliphatic hydroxyl groups excluding tert-OH is 2. The van der Waals surface area contributed by atoms with Crippen LogP contribution in [-0.4, -0.2) is 59.6 Å². The number of hydrogen-bond acceptors (Lipinski definition) is 19. The van der Waals surface area contributed by atoms with E-state index >= 15 is 0 Å². The Balaban J connectivity index is 0.00000337. The summed E-state index contributed by atoms with van der Waals surface area (Å²) in [6.45, 7) is -0.0863. The van der Waals surface area contributed by atoms with Crippen molar-refractivity contribution in [1.29, 1.82) is 0 Å². The van der Waals surface area contributed by atoms with Crippen LogP contribution < -0.4 is 109 Å². The number of nitrogen functional groups attached to an aromatic ring is 1. The van der Waals surface area contributed by atoms with Crippen molar-refractivity contribution in [3.05, 3.63) is 52.6 Å². The molecule has 1 aliphatic heterocycles. The number of aromatic nitrogens is 4. The number of nitro benzene ring substituents is 1. The summed E-state index contributed by atoms with van der Waals surface area (Å²) in [4.78, 5) is 58.3. The van der Waals surface area contributed by atoms with Crippen molar-refractivity contribution < 1.29 is 155 Å². The molecule has 1 fully saturated rings. The fraction of sp³-hybridized carbons (Fsp3) is 0.389. The fourth-order valence-electron chi connectivity index (χ4n) is 3.87. The minimum absolute atomic E-state index is 0. The van der Waals surface area contributed by atoms with Crippen LogP contribution in [-0.2, 0) is 36.1 Å². The Morgan fingerprint density at radius 2 is 1.64 bits per heavy atom. The van der Waals surface area contributed by atoms with Crippen molar-refractivity contribution in [3.63, 3.8) is 0 Å². The van der Waals surface area contributed by atoms with Crippen molar-refractivity contribution in [3.8, 4) is 0 Å². The molecular formula is C18H20N6Na3O15P3. The van der Waals surface area contributed by atoms with Crippen LogP contribution in [0.15, 0.2) is 36.9 Å². The summed E-state index contributed by atoms with van der Waals surface area (Å²) in [5, 5.41) is 31.9. The zero-order chi connectivity index (χ0) is 31.0. The molecule has 1 saturated heterocycles. The third-order valence-electron chi connectivity index (χ3n) is 5.65. The number of fused-ring (bicyclic) bond motifs is 1. The van der Waals surface area contributed by atoms with Gasteiger partial charge in [-0.2, -0.15) is 0 Å². The molecule has 0 aliphatic carbocycles. The summed E-state index contributed by atoms with van der Waals surface area (Å²) in [5.74, 6) is 0.00392. The van der Waals surface area contributed by atoms with Gasteiger partial charge in [-0.05, 0) is 13.0 Å². The van der Waals surface area contributed by atoms with Crippen molar-refractivity contribution in [2.45, 2.75) is 37.6 Å². The molecular weight excluding hydrogens is 702 g/mol. The maximum atomic E-state index is 12.1. The largest absolute Gasteiger partial charge is 1.00 e. The van der Waals surface area contributed by atoms with Gasteiger partial charge in [0.25, 0.3) is 29.2 Å². The van der Waals surface area contributed by atoms with E-state index in [1.165, 1.54) is 16.7 Å². The number of benzene rings is 1. The van der Waals surface area contributed by atoms with Crippen molar-refractivity contribution in [2.24, 2.45) is 0 Å². The van der Waals surface area contributed by atoms with E-state index in [0.29, 0.717) is 0 Å². The molecule has 3 aromatic rings. The number of anilines is 1. The molecule has 8 atom stereocenters. The average Bonchev–Trinajstić information content (AvgIpc) is 3.42. The Labute approximate surface area is 319 Å². The molecule has 0 radical (unpaired) electrons. The molecule has 21 nitrogen and oxygen atoms in total. The van der Waals surface area contributed by atoms with Crippen LogP contribution in [0, 0.1) is 10.1 Å². The zero-order valence-corrected chi connectivity index (χ0v) is 32.6. The fourth-order valence-corrected chi connectivity index (χ4v) is 7.39. The first-order valence-electron chi connectivity index (χ1n) is 11.4. The van der Waals surface area contributed by atoms with Crippen molar-refractivity contribution >= 4 is 46.1 Å². The number of nitrogens with two attached hydrogens (primary N) is 1. The van der Waals surface area contributed by atoms with E-state index in [0.717, 1.165) is 31.7 Å². The van der Waals surface area contributed by atoms with Crippen LogP contribution in [0.3, 0.4) is 0 Å². The number of aliphatic hydroxyl groups is 2. The van der Waals surface area contributed by atoms with Gasteiger partial charge in [-0.3, -0.25) is 28.4 Å². The van der Waals surface area contributed by atoms with Gasteiger partial charge in [-0.15, -0.1) is 0 Å². The Morgan fingerprint density at radius 1 is 1.02 bits per heavy atom. The molecule has 1 aliphatic rings. The molecule has 230 valence electrons. The van der Waals surface area contributed by atoms with Crippen LogP contribution in [0.1, 0.15) is 24.8 Å². The van der Waals surface area contributed by atoms with Crippen molar-refractivity contribution in [1.82, 2.24) is 19.5 Å². The third-order valence-corrected chi connectivity index (χ3v) is 9.89. The summed E-state index contributed by atoms with van der Waals surface area (Å²) in [6.07, 6.45) is -5.80. The number of ether oxygens (including phenoxy) is 1. The second-order valence-corrected chi connectivity index (χ2v) is 13.0. The number of rotatable bonds is 12. The van der Waals surface area contributed by atoms with Crippen molar-refractivity contribution in [2.75, 3.05) is 12.3 Å². The first kappa shape index (κ1) is 43.3. The van der Waals surface area contributed by atoms with Gasteiger partial charge in [-0.25, -0.2) is 23.6 Å². The van der Waals surface area contributed by atoms with E-state index in [4.69, 9.17) is 10.5 Å². The van der Waals surface area contributed by atoms with E-state index in [-0.39, 0.29) is 111 Å². The molecule has 2 aromatic heterocycles. The maximum absolute atomic E-state index is 12.1. The summed E-state index contributed by atoms with van der Waals surface area (Å²) < 4.78 is 59.3. The summed E-state index contributed by atoms with van der Waals surface area (Å²) in [7, 11) is -18.1. The number of nitrogens with zero attached hydrogens (tertiary/aromatic N) is 5. The van der Waals surface area contributed by atoms with Gasteiger partial charge in [0.15, 0.2) is 17.7 Å². The minimum Gasteiger partial charge on any atom is -0.756 e. The van der Waals surface area contributed by atoms with Gasteiger partial charge >= 0.3 is 88.7 Å². The number of para-hydroxylation sites is 1. The zero-order valence-electron chi connectivity index (χ0n) is 23.9. The predicted molar refractivity (Wildman–Crippen MR) is 129 cm³/mol. The number of phosphoric acid groups is 3. The predicted octanol–water partition coefficient (Wildman–Crippen LogP) is -9.82. The molecule has 6 unspecified atom stereocenters. The number of nitro groups is 1. The van der Waals surface area contributed by atoms with Gasteiger partial charge < -0.3 is 44.4 Å². The molecule has 3 heterocycles. The maximum Gasteiger partial charge on any atom is 1.00 e. The van der Waals surface area contributed by atoms with Crippen LogP contribution in [0.5, 0.6) is 0 Å². The van der Waals surface area contributed by atoms with Gasteiger partial charge in [0.05, 0.1) is 29.5 Å². The molecule has 27 heteroatoms. The summed E-state index contributed by atoms with van der Waals surface area (Å²) in [6, 6.07) is 4.77. The topological polar surface area (TPSA) is 320 Å². The number of phosphoric ester groups is 2.